The van der Waals surface area contributed by atoms with Gasteiger partial charge in [0.2, 0.25) is 0 Å². The van der Waals surface area contributed by atoms with E-state index < -0.39 is 18.5 Å². The molecule has 0 radical (unpaired) electrons. The third kappa shape index (κ3) is 1.87. The van der Waals surface area contributed by atoms with E-state index >= 15 is 0 Å². The third-order valence-electron chi connectivity index (χ3n) is 0.586. The molecular weight excluding hydrogens is 142 g/mol. The Morgan fingerprint density at radius 2 is 2.00 bits per heavy atom. The fourth-order valence-corrected chi connectivity index (χ4v) is 0.130. The largest absolute Gasteiger partial charge is 0.354 e. The fourth-order valence-electron chi connectivity index (χ4n) is 0.130. The summed E-state index contributed by atoms with van der Waals surface area (Å²) >= 11 is 0. The van der Waals surface area contributed by atoms with Crippen molar-refractivity contribution in [1.29, 1.82) is 0 Å². The lowest BCUT2D eigenvalue weighted by Crippen LogP contribution is -2.37. The van der Waals surface area contributed by atoms with Gasteiger partial charge in [0.15, 0.2) is 6.67 Å². The highest BCUT2D eigenvalue weighted by Gasteiger charge is 2.39. The molecule has 0 aromatic rings. The Morgan fingerprint density at radius 3 is 2.11 bits per heavy atom. The minimum Gasteiger partial charge on any atom is -0.265 e. The van der Waals surface area contributed by atoms with Gasteiger partial charge in [-0.1, -0.05) is 0 Å². The number of nitrogens with one attached hydrogen (secondary N) is 1. The maximum Gasteiger partial charge on any atom is 0.354 e. The predicted molar refractivity (Wildman–Crippen MR) is 20.2 cm³/mol. The van der Waals surface area contributed by atoms with Crippen molar-refractivity contribution < 1.29 is 22.4 Å². The summed E-state index contributed by atoms with van der Waals surface area (Å²) in [6.45, 7) is -2.19. The molecular formula is C3H3F4NO. The molecule has 0 unspecified atom stereocenters. The second-order valence-electron chi connectivity index (χ2n) is 1.26. The highest BCUT2D eigenvalue weighted by molar-refractivity contribution is 5.82. The molecule has 1 N–H and O–H groups in total. The third-order valence-corrected chi connectivity index (χ3v) is 0.586. The summed E-state index contributed by atoms with van der Waals surface area (Å²) in [5.74, 6) is -6.50. The predicted octanol–water partition coefficient (Wildman–Crippen LogP) is 0.592. The van der Waals surface area contributed by atoms with Crippen LogP contribution < -0.4 is 5.54 Å². The molecule has 54 valence electrons. The lowest BCUT2D eigenvalue weighted by Gasteiger charge is -2.05. The van der Waals surface area contributed by atoms with E-state index in [1.165, 1.54) is 0 Å². The summed E-state index contributed by atoms with van der Waals surface area (Å²) in [5.41, 5.74) is 0.127. The van der Waals surface area contributed by atoms with Gasteiger partial charge in [0.1, 0.15) is 0 Å². The minimum absolute atomic E-state index is 0.127. The lowest BCUT2D eigenvalue weighted by atomic mass is 10.4. The standard InChI is InChI=1S/C3H3F4NO/c4-1-3(5,6)2(9)8-7/h1H2,(H,8,9). The Labute approximate surface area is 47.8 Å². The number of halogens is 4. The van der Waals surface area contributed by atoms with E-state index in [9.17, 15) is 22.4 Å². The summed E-state index contributed by atoms with van der Waals surface area (Å²) < 4.78 is 44.9. The average molecular weight is 145 g/mol. The van der Waals surface area contributed by atoms with Gasteiger partial charge in [0, 0.05) is 0 Å². The molecule has 0 rings (SSSR count). The van der Waals surface area contributed by atoms with Crippen molar-refractivity contribution in [3.63, 3.8) is 0 Å². The Kier molecular flexibility index (Phi) is 2.41. The average Bonchev–Trinajstić information content (AvgIpc) is 1.86. The first-order valence-electron chi connectivity index (χ1n) is 1.89. The smallest absolute Gasteiger partial charge is 0.265 e. The van der Waals surface area contributed by atoms with Gasteiger partial charge in [0.25, 0.3) is 0 Å². The van der Waals surface area contributed by atoms with Crippen LogP contribution in [-0.4, -0.2) is 18.5 Å². The van der Waals surface area contributed by atoms with Crippen LogP contribution in [0.5, 0.6) is 0 Å². The Hall–Kier alpha value is -0.810. The molecule has 0 fully saturated rings. The van der Waals surface area contributed by atoms with Crippen molar-refractivity contribution in [1.82, 2.24) is 5.54 Å². The van der Waals surface area contributed by atoms with Gasteiger partial charge in [-0.15, -0.1) is 4.48 Å². The van der Waals surface area contributed by atoms with Gasteiger partial charge in [-0.3, -0.25) is 4.79 Å². The summed E-state index contributed by atoms with van der Waals surface area (Å²) in [4.78, 5) is 9.59. The summed E-state index contributed by atoms with van der Waals surface area (Å²) in [5, 5.41) is 0. The maximum absolute atomic E-state index is 11.5. The van der Waals surface area contributed by atoms with Gasteiger partial charge in [-0.2, -0.15) is 14.3 Å². The first kappa shape index (κ1) is 8.19. The van der Waals surface area contributed by atoms with Crippen molar-refractivity contribution in [2.75, 3.05) is 6.67 Å². The Bertz CT molecular complexity index is 114. The molecule has 0 aromatic carbocycles. The normalized spacial score (nSPS) is 11.1. The molecule has 0 bridgehead atoms. The number of hydrogen-bond donors (Lipinski definition) is 1. The van der Waals surface area contributed by atoms with Gasteiger partial charge in [-0.05, 0) is 0 Å². The van der Waals surface area contributed by atoms with E-state index in [0.717, 1.165) is 0 Å². The van der Waals surface area contributed by atoms with Crippen molar-refractivity contribution in [2.45, 2.75) is 5.92 Å². The fraction of sp³-hybridized carbons (Fsp3) is 0.667. The molecule has 6 heteroatoms. The van der Waals surface area contributed by atoms with Crippen LogP contribution >= 0.6 is 0 Å². The summed E-state index contributed by atoms with van der Waals surface area (Å²) in [6.07, 6.45) is 0. The van der Waals surface area contributed by atoms with Crippen LogP contribution in [0.25, 0.3) is 0 Å². The number of carbonyl (C=O) groups is 1. The van der Waals surface area contributed by atoms with Crippen LogP contribution in [0.2, 0.25) is 0 Å². The number of hydrogen-bond acceptors (Lipinski definition) is 1. The second kappa shape index (κ2) is 2.65. The van der Waals surface area contributed by atoms with E-state index in [1.54, 1.807) is 0 Å². The van der Waals surface area contributed by atoms with Crippen molar-refractivity contribution in [2.24, 2.45) is 0 Å². The van der Waals surface area contributed by atoms with Gasteiger partial charge in [-0.25, -0.2) is 4.39 Å². The molecule has 9 heavy (non-hydrogen) atoms. The molecule has 0 aliphatic rings. The van der Waals surface area contributed by atoms with Crippen LogP contribution in [0.15, 0.2) is 0 Å². The van der Waals surface area contributed by atoms with Crippen LogP contribution in [0, 0.1) is 0 Å². The zero-order valence-corrected chi connectivity index (χ0v) is 4.13. The minimum atomic E-state index is -4.24. The van der Waals surface area contributed by atoms with Crippen molar-refractivity contribution >= 4 is 5.91 Å². The van der Waals surface area contributed by atoms with Gasteiger partial charge in [0.05, 0.1) is 0 Å². The van der Waals surface area contributed by atoms with Crippen LogP contribution in [0.3, 0.4) is 0 Å². The Morgan fingerprint density at radius 1 is 1.56 bits per heavy atom. The number of carbonyl (C=O) groups excluding carboxylic acids is 1. The van der Waals surface area contributed by atoms with Gasteiger partial charge < -0.3 is 0 Å². The van der Waals surface area contributed by atoms with Crippen LogP contribution in [0.4, 0.5) is 17.7 Å². The maximum atomic E-state index is 11.5. The van der Waals surface area contributed by atoms with E-state index in [1.807, 2.05) is 0 Å². The molecule has 0 aliphatic heterocycles. The quantitative estimate of drug-likeness (QED) is 0.447. The molecule has 0 atom stereocenters. The zero-order chi connectivity index (χ0) is 7.49. The number of alkyl halides is 3. The van der Waals surface area contributed by atoms with E-state index in [0.29, 0.717) is 0 Å². The zero-order valence-electron chi connectivity index (χ0n) is 4.13. The highest BCUT2D eigenvalue weighted by atomic mass is 19.3. The topological polar surface area (TPSA) is 29.1 Å². The van der Waals surface area contributed by atoms with Crippen LogP contribution in [0.1, 0.15) is 0 Å². The molecule has 0 aromatic heterocycles. The van der Waals surface area contributed by atoms with Crippen molar-refractivity contribution in [3.8, 4) is 0 Å². The lowest BCUT2D eigenvalue weighted by molar-refractivity contribution is -0.152. The van der Waals surface area contributed by atoms with E-state index in [-0.39, 0.29) is 5.54 Å². The van der Waals surface area contributed by atoms with E-state index in [4.69, 9.17) is 0 Å². The number of rotatable bonds is 2. The molecule has 2 nitrogen and oxygen atoms in total. The first-order chi connectivity index (χ1) is 4.04. The van der Waals surface area contributed by atoms with Crippen molar-refractivity contribution in [3.05, 3.63) is 0 Å². The highest BCUT2D eigenvalue weighted by Crippen LogP contribution is 2.13. The molecule has 0 aliphatic carbocycles. The molecule has 0 saturated heterocycles. The Balaban J connectivity index is 3.97. The first-order valence-corrected chi connectivity index (χ1v) is 1.89. The molecule has 1 amide bonds. The summed E-state index contributed by atoms with van der Waals surface area (Å²) in [7, 11) is 0. The summed E-state index contributed by atoms with van der Waals surface area (Å²) in [6, 6.07) is 0. The molecule has 0 heterocycles. The molecule has 0 saturated carbocycles. The molecule has 0 spiro atoms. The second-order valence-corrected chi connectivity index (χ2v) is 1.26. The van der Waals surface area contributed by atoms with E-state index in [2.05, 4.69) is 0 Å². The van der Waals surface area contributed by atoms with Crippen LogP contribution in [-0.2, 0) is 4.79 Å². The SMILES string of the molecule is O=C(NF)C(F)(F)CF. The van der Waals surface area contributed by atoms with Gasteiger partial charge >= 0.3 is 11.8 Å². The number of amides is 1. The monoisotopic (exact) mass is 145 g/mol.